The molecule has 0 saturated carbocycles. The second-order valence-corrected chi connectivity index (χ2v) is 5.95. The van der Waals surface area contributed by atoms with E-state index in [-0.39, 0.29) is 24.3 Å². The van der Waals surface area contributed by atoms with Crippen molar-refractivity contribution in [3.63, 3.8) is 0 Å². The standard InChI is InChI=1S/C13H23BN4O5/c1-8(13(21)18-6-4-10(18)14(22)23)16-12(20)9-3-5-17(9)11(19)7-15-2/h8-10,15,22-23H,3-7H2,1-2H3,(H,16,20)/t8?,9-,10-/m0/s1. The van der Waals surface area contributed by atoms with Crippen LogP contribution in [-0.2, 0) is 14.4 Å². The van der Waals surface area contributed by atoms with Crippen molar-refractivity contribution < 1.29 is 24.4 Å². The van der Waals surface area contributed by atoms with Crippen molar-refractivity contribution in [3.05, 3.63) is 0 Å². The second kappa shape index (κ2) is 7.28. The highest BCUT2D eigenvalue weighted by molar-refractivity contribution is 6.44. The lowest BCUT2D eigenvalue weighted by Crippen LogP contribution is -2.65. The van der Waals surface area contributed by atoms with Crippen LogP contribution < -0.4 is 10.6 Å². The largest absolute Gasteiger partial charge is 0.475 e. The SMILES string of the molecule is CNCC(=O)N1CC[C@H]1C(=O)NC(C)C(=O)N1CC[C@H]1B(O)O. The van der Waals surface area contributed by atoms with Crippen molar-refractivity contribution in [1.29, 1.82) is 0 Å². The Morgan fingerprint density at radius 2 is 1.87 bits per heavy atom. The zero-order chi connectivity index (χ0) is 17.1. The van der Waals surface area contributed by atoms with Gasteiger partial charge in [-0.05, 0) is 26.8 Å². The predicted octanol–water partition coefficient (Wildman–Crippen LogP) is -3.08. The van der Waals surface area contributed by atoms with E-state index in [1.807, 2.05) is 0 Å². The summed E-state index contributed by atoms with van der Waals surface area (Å²) in [6.45, 7) is 2.70. The predicted molar refractivity (Wildman–Crippen MR) is 82.0 cm³/mol. The first-order chi connectivity index (χ1) is 10.9. The van der Waals surface area contributed by atoms with E-state index in [1.54, 1.807) is 14.0 Å². The van der Waals surface area contributed by atoms with Gasteiger partial charge in [-0.1, -0.05) is 0 Å². The molecule has 0 radical (unpaired) electrons. The highest BCUT2D eigenvalue weighted by Gasteiger charge is 2.43. The van der Waals surface area contributed by atoms with Gasteiger partial charge in [-0.3, -0.25) is 14.4 Å². The smallest absolute Gasteiger partial charge is 0.426 e. The topological polar surface area (TPSA) is 122 Å². The molecule has 0 aliphatic carbocycles. The van der Waals surface area contributed by atoms with Crippen LogP contribution in [0.1, 0.15) is 19.8 Å². The summed E-state index contributed by atoms with van der Waals surface area (Å²) in [5.41, 5.74) is 0. The number of likely N-dealkylation sites (tertiary alicyclic amines) is 2. The van der Waals surface area contributed by atoms with Crippen molar-refractivity contribution in [3.8, 4) is 0 Å². The maximum atomic E-state index is 12.2. The van der Waals surface area contributed by atoms with E-state index in [0.717, 1.165) is 0 Å². The van der Waals surface area contributed by atoms with E-state index in [9.17, 15) is 14.4 Å². The van der Waals surface area contributed by atoms with Gasteiger partial charge in [0.15, 0.2) is 0 Å². The Hall–Kier alpha value is -1.65. The molecule has 0 bridgehead atoms. The first kappa shape index (κ1) is 17.7. The number of likely N-dealkylation sites (N-methyl/N-ethyl adjacent to an activating group) is 1. The number of hydrogen-bond acceptors (Lipinski definition) is 6. The van der Waals surface area contributed by atoms with Crippen molar-refractivity contribution in [1.82, 2.24) is 20.4 Å². The molecule has 2 saturated heterocycles. The van der Waals surface area contributed by atoms with Gasteiger partial charge in [-0.25, -0.2) is 0 Å². The van der Waals surface area contributed by atoms with Gasteiger partial charge in [0.25, 0.3) is 0 Å². The van der Waals surface area contributed by atoms with Crippen LogP contribution in [0.25, 0.3) is 0 Å². The molecule has 0 spiro atoms. The molecule has 4 N–H and O–H groups in total. The Kier molecular flexibility index (Phi) is 5.61. The minimum absolute atomic E-state index is 0.149. The van der Waals surface area contributed by atoms with E-state index < -0.39 is 25.1 Å². The summed E-state index contributed by atoms with van der Waals surface area (Å²) in [7, 11) is 0.0870. The number of carbonyl (C=O) groups is 3. The lowest BCUT2D eigenvalue weighted by atomic mass is 9.71. The summed E-state index contributed by atoms with van der Waals surface area (Å²) >= 11 is 0. The van der Waals surface area contributed by atoms with Gasteiger partial charge in [0.1, 0.15) is 12.1 Å². The molecule has 2 rings (SSSR count). The minimum atomic E-state index is -1.57. The molecular weight excluding hydrogens is 303 g/mol. The highest BCUT2D eigenvalue weighted by Crippen LogP contribution is 2.20. The second-order valence-electron chi connectivity index (χ2n) is 5.95. The lowest BCUT2D eigenvalue weighted by Gasteiger charge is -2.43. The summed E-state index contributed by atoms with van der Waals surface area (Å²) in [5.74, 6) is -1.47. The molecular formula is C13H23BN4O5. The Morgan fingerprint density at radius 1 is 1.22 bits per heavy atom. The van der Waals surface area contributed by atoms with E-state index in [4.69, 9.17) is 10.0 Å². The fourth-order valence-corrected chi connectivity index (χ4v) is 2.82. The molecule has 128 valence electrons. The molecule has 2 aliphatic rings. The molecule has 0 aromatic carbocycles. The van der Waals surface area contributed by atoms with Gasteiger partial charge < -0.3 is 30.5 Å². The van der Waals surface area contributed by atoms with E-state index in [2.05, 4.69) is 10.6 Å². The van der Waals surface area contributed by atoms with Crippen LogP contribution in [0.4, 0.5) is 0 Å². The number of nitrogens with zero attached hydrogens (tertiary/aromatic N) is 2. The van der Waals surface area contributed by atoms with Crippen LogP contribution in [0.2, 0.25) is 0 Å². The maximum Gasteiger partial charge on any atom is 0.475 e. The van der Waals surface area contributed by atoms with Crippen molar-refractivity contribution >= 4 is 24.8 Å². The van der Waals surface area contributed by atoms with Crippen molar-refractivity contribution in [2.45, 2.75) is 37.8 Å². The quantitative estimate of drug-likeness (QED) is 0.384. The zero-order valence-electron chi connectivity index (χ0n) is 13.4. The number of carbonyl (C=O) groups excluding carboxylic acids is 3. The highest BCUT2D eigenvalue weighted by atomic mass is 16.4. The minimum Gasteiger partial charge on any atom is -0.426 e. The van der Waals surface area contributed by atoms with E-state index in [0.29, 0.717) is 25.9 Å². The molecule has 3 amide bonds. The fraction of sp³-hybridized carbons (Fsp3) is 0.769. The number of amides is 3. The number of rotatable bonds is 6. The first-order valence-corrected chi connectivity index (χ1v) is 7.78. The third kappa shape index (κ3) is 3.65. The van der Waals surface area contributed by atoms with Crippen LogP contribution in [-0.4, -0.2) is 89.4 Å². The lowest BCUT2D eigenvalue weighted by molar-refractivity contribution is -0.148. The molecule has 23 heavy (non-hydrogen) atoms. The summed E-state index contributed by atoms with van der Waals surface area (Å²) in [6.07, 6.45) is 1.10. The van der Waals surface area contributed by atoms with Gasteiger partial charge in [-0.15, -0.1) is 0 Å². The summed E-state index contributed by atoms with van der Waals surface area (Å²) in [6, 6.07) is -1.31. The van der Waals surface area contributed by atoms with Gasteiger partial charge in [-0.2, -0.15) is 0 Å². The number of nitrogens with one attached hydrogen (secondary N) is 2. The van der Waals surface area contributed by atoms with Gasteiger partial charge >= 0.3 is 7.12 Å². The van der Waals surface area contributed by atoms with Crippen LogP contribution in [0.3, 0.4) is 0 Å². The summed E-state index contributed by atoms with van der Waals surface area (Å²) in [4.78, 5) is 39.1. The van der Waals surface area contributed by atoms with Gasteiger partial charge in [0.2, 0.25) is 17.7 Å². The number of hydrogen-bond donors (Lipinski definition) is 4. The maximum absolute atomic E-state index is 12.2. The molecule has 2 heterocycles. The van der Waals surface area contributed by atoms with Crippen LogP contribution in [0.15, 0.2) is 0 Å². The summed E-state index contributed by atoms with van der Waals surface area (Å²) in [5, 5.41) is 23.7. The molecule has 1 unspecified atom stereocenters. The first-order valence-electron chi connectivity index (χ1n) is 7.78. The van der Waals surface area contributed by atoms with Crippen molar-refractivity contribution in [2.24, 2.45) is 0 Å². The van der Waals surface area contributed by atoms with Gasteiger partial charge in [0, 0.05) is 13.1 Å². The Morgan fingerprint density at radius 3 is 2.30 bits per heavy atom. The normalized spacial score (nSPS) is 24.3. The van der Waals surface area contributed by atoms with Crippen LogP contribution >= 0.6 is 0 Å². The molecule has 0 aromatic heterocycles. The molecule has 10 heteroatoms. The molecule has 2 aliphatic heterocycles. The van der Waals surface area contributed by atoms with Gasteiger partial charge in [0.05, 0.1) is 12.5 Å². The Bertz CT molecular complexity index is 489. The van der Waals surface area contributed by atoms with Crippen molar-refractivity contribution in [2.75, 3.05) is 26.7 Å². The van der Waals surface area contributed by atoms with E-state index >= 15 is 0 Å². The van der Waals surface area contributed by atoms with E-state index in [1.165, 1.54) is 9.80 Å². The average Bonchev–Trinajstić information content (AvgIpc) is 2.34. The van der Waals surface area contributed by atoms with Crippen LogP contribution in [0, 0.1) is 0 Å². The molecule has 0 aromatic rings. The van der Waals surface area contributed by atoms with Crippen LogP contribution in [0.5, 0.6) is 0 Å². The molecule has 2 fully saturated rings. The molecule has 9 nitrogen and oxygen atoms in total. The monoisotopic (exact) mass is 326 g/mol. The molecule has 3 atom stereocenters. The fourth-order valence-electron chi connectivity index (χ4n) is 2.82. The third-order valence-corrected chi connectivity index (χ3v) is 4.39. The Balaban J connectivity index is 1.85. The average molecular weight is 326 g/mol. The Labute approximate surface area is 135 Å². The zero-order valence-corrected chi connectivity index (χ0v) is 13.4. The summed E-state index contributed by atoms with van der Waals surface area (Å²) < 4.78 is 0. The third-order valence-electron chi connectivity index (χ3n) is 4.39.